The molecule has 3 N–H and O–H groups in total. The number of ether oxygens (including phenoxy) is 1. The van der Waals surface area contributed by atoms with Gasteiger partial charge in [-0.25, -0.2) is 0 Å². The van der Waals surface area contributed by atoms with Gasteiger partial charge in [-0.1, -0.05) is 60.7 Å². The molecule has 0 aromatic heterocycles. The Labute approximate surface area is 147 Å². The number of hydrogen-bond donors (Lipinski definition) is 2. The lowest BCUT2D eigenvalue weighted by Gasteiger charge is -2.36. The zero-order valence-corrected chi connectivity index (χ0v) is 14.6. The van der Waals surface area contributed by atoms with Crippen LogP contribution in [-0.2, 0) is 19.9 Å². The topological polar surface area (TPSA) is 89.6 Å². The van der Waals surface area contributed by atoms with Gasteiger partial charge < -0.3 is 15.6 Å². The highest BCUT2D eigenvalue weighted by Crippen LogP contribution is 2.36. The zero-order valence-electron chi connectivity index (χ0n) is 14.6. The van der Waals surface area contributed by atoms with Gasteiger partial charge in [0.2, 0.25) is 0 Å². The van der Waals surface area contributed by atoms with Gasteiger partial charge in [0, 0.05) is 0 Å². The number of carbonyl (C=O) groups is 2. The van der Waals surface area contributed by atoms with Crippen LogP contribution in [0, 0.1) is 5.92 Å². The Morgan fingerprint density at radius 2 is 1.32 bits per heavy atom. The number of carboxylic acid groups (broad SMARTS) is 1. The van der Waals surface area contributed by atoms with E-state index in [-0.39, 0.29) is 0 Å². The molecule has 2 aromatic rings. The van der Waals surface area contributed by atoms with E-state index in [9.17, 15) is 14.7 Å². The van der Waals surface area contributed by atoms with Gasteiger partial charge in [-0.15, -0.1) is 0 Å². The van der Waals surface area contributed by atoms with Crippen LogP contribution in [-0.4, -0.2) is 22.6 Å². The fourth-order valence-corrected chi connectivity index (χ4v) is 2.77. The summed E-state index contributed by atoms with van der Waals surface area (Å²) in [6.45, 7) is 5.06. The maximum atomic E-state index is 12.7. The SMILES string of the molecule is CC(C)(C)OC(=O)C(C(=O)O)C(N)(c1ccccc1)c1ccccc1. The van der Waals surface area contributed by atoms with Crippen molar-refractivity contribution >= 4 is 11.9 Å². The molecule has 2 aromatic carbocycles. The average Bonchev–Trinajstić information content (AvgIpc) is 2.54. The summed E-state index contributed by atoms with van der Waals surface area (Å²) in [6.07, 6.45) is 0. The van der Waals surface area contributed by atoms with E-state index in [0.29, 0.717) is 11.1 Å². The minimum Gasteiger partial charge on any atom is -0.481 e. The summed E-state index contributed by atoms with van der Waals surface area (Å²) in [4.78, 5) is 24.7. The van der Waals surface area contributed by atoms with Crippen LogP contribution in [0.15, 0.2) is 60.7 Å². The second-order valence-electron chi connectivity index (χ2n) is 6.91. The predicted octanol–water partition coefficient (Wildman–Crippen LogP) is 2.93. The molecule has 5 nitrogen and oxygen atoms in total. The summed E-state index contributed by atoms with van der Waals surface area (Å²) in [7, 11) is 0. The molecule has 25 heavy (non-hydrogen) atoms. The number of esters is 1. The third-order valence-corrected chi connectivity index (χ3v) is 3.85. The normalized spacial score (nSPS) is 13.1. The van der Waals surface area contributed by atoms with Crippen LogP contribution in [0.3, 0.4) is 0 Å². The number of nitrogens with two attached hydrogens (primary N) is 1. The van der Waals surface area contributed by atoms with Gasteiger partial charge in [-0.2, -0.15) is 0 Å². The van der Waals surface area contributed by atoms with Crippen molar-refractivity contribution in [1.29, 1.82) is 0 Å². The standard InChI is InChI=1S/C20H23NO4/c1-19(2,3)25-18(24)16(17(22)23)20(21,14-10-6-4-7-11-14)15-12-8-5-9-13-15/h4-13,16H,21H2,1-3H3,(H,22,23). The van der Waals surface area contributed by atoms with Crippen molar-refractivity contribution in [1.82, 2.24) is 0 Å². The first kappa shape index (κ1) is 18.7. The van der Waals surface area contributed by atoms with E-state index in [1.807, 2.05) is 0 Å². The lowest BCUT2D eigenvalue weighted by Crippen LogP contribution is -2.53. The fraction of sp³-hybridized carbons (Fsp3) is 0.300. The van der Waals surface area contributed by atoms with E-state index in [1.165, 1.54) is 0 Å². The highest BCUT2D eigenvalue weighted by atomic mass is 16.6. The number of aliphatic carboxylic acids is 1. The summed E-state index contributed by atoms with van der Waals surface area (Å²) >= 11 is 0. The van der Waals surface area contributed by atoms with Crippen molar-refractivity contribution in [2.24, 2.45) is 11.7 Å². The van der Waals surface area contributed by atoms with Crippen LogP contribution in [0.1, 0.15) is 31.9 Å². The second kappa shape index (κ2) is 7.07. The molecule has 0 bridgehead atoms. The minimum absolute atomic E-state index is 0.527. The van der Waals surface area contributed by atoms with Crippen LogP contribution in [0.5, 0.6) is 0 Å². The van der Waals surface area contributed by atoms with Gasteiger partial charge in [0.25, 0.3) is 0 Å². The third-order valence-electron chi connectivity index (χ3n) is 3.85. The molecule has 0 heterocycles. The average molecular weight is 341 g/mol. The van der Waals surface area contributed by atoms with Crippen LogP contribution < -0.4 is 5.73 Å². The molecule has 2 rings (SSSR count). The van der Waals surface area contributed by atoms with Crippen molar-refractivity contribution < 1.29 is 19.4 Å². The number of rotatable bonds is 5. The maximum absolute atomic E-state index is 12.7. The highest BCUT2D eigenvalue weighted by Gasteiger charge is 2.49. The Balaban J connectivity index is 2.64. The Morgan fingerprint density at radius 1 is 0.920 bits per heavy atom. The summed E-state index contributed by atoms with van der Waals surface area (Å²) in [5, 5.41) is 9.82. The zero-order chi connectivity index (χ0) is 18.7. The van der Waals surface area contributed by atoms with Crippen molar-refractivity contribution in [3.8, 4) is 0 Å². The maximum Gasteiger partial charge on any atom is 0.323 e. The Bertz CT molecular complexity index is 696. The van der Waals surface area contributed by atoms with Crippen molar-refractivity contribution in [3.63, 3.8) is 0 Å². The Hall–Kier alpha value is -2.66. The number of benzene rings is 2. The van der Waals surface area contributed by atoms with E-state index in [2.05, 4.69) is 0 Å². The molecule has 5 heteroatoms. The van der Waals surface area contributed by atoms with Crippen molar-refractivity contribution in [3.05, 3.63) is 71.8 Å². The van der Waals surface area contributed by atoms with Crippen molar-refractivity contribution in [2.45, 2.75) is 31.9 Å². The summed E-state index contributed by atoms with van der Waals surface area (Å²) in [5.41, 5.74) is 5.30. The van der Waals surface area contributed by atoms with Gasteiger partial charge in [-0.05, 0) is 31.9 Å². The molecule has 0 aliphatic carbocycles. The van der Waals surface area contributed by atoms with Gasteiger partial charge in [0.1, 0.15) is 5.60 Å². The summed E-state index contributed by atoms with van der Waals surface area (Å²) in [5.74, 6) is -3.78. The first-order chi connectivity index (χ1) is 11.7. The van der Waals surface area contributed by atoms with Crippen LogP contribution in [0.2, 0.25) is 0 Å². The largest absolute Gasteiger partial charge is 0.481 e. The molecule has 0 saturated heterocycles. The fourth-order valence-electron chi connectivity index (χ4n) is 2.77. The molecule has 0 fully saturated rings. The lowest BCUT2D eigenvalue weighted by molar-refractivity contribution is -0.169. The van der Waals surface area contributed by atoms with Crippen LogP contribution in [0.25, 0.3) is 0 Å². The minimum atomic E-state index is -1.59. The molecule has 0 saturated carbocycles. The molecule has 0 spiro atoms. The third kappa shape index (κ3) is 4.06. The monoisotopic (exact) mass is 341 g/mol. The van der Waals surface area contributed by atoms with Crippen molar-refractivity contribution in [2.75, 3.05) is 0 Å². The van der Waals surface area contributed by atoms with E-state index < -0.39 is 29.0 Å². The number of hydrogen-bond acceptors (Lipinski definition) is 4. The summed E-state index contributed by atoms with van der Waals surface area (Å²) < 4.78 is 5.35. The van der Waals surface area contributed by atoms with Crippen LogP contribution in [0.4, 0.5) is 0 Å². The van der Waals surface area contributed by atoms with Crippen LogP contribution >= 0.6 is 0 Å². The van der Waals surface area contributed by atoms with Gasteiger partial charge in [-0.3, -0.25) is 9.59 Å². The smallest absolute Gasteiger partial charge is 0.323 e. The molecule has 0 amide bonds. The molecule has 132 valence electrons. The van der Waals surface area contributed by atoms with Gasteiger partial charge in [0.15, 0.2) is 5.92 Å². The Kier molecular flexibility index (Phi) is 5.28. The van der Waals surface area contributed by atoms with E-state index in [0.717, 1.165) is 0 Å². The molecule has 1 atom stereocenters. The first-order valence-electron chi connectivity index (χ1n) is 8.02. The quantitative estimate of drug-likeness (QED) is 0.645. The first-order valence-corrected chi connectivity index (χ1v) is 8.02. The van der Waals surface area contributed by atoms with E-state index in [4.69, 9.17) is 10.5 Å². The molecule has 0 radical (unpaired) electrons. The molecular formula is C20H23NO4. The van der Waals surface area contributed by atoms with E-state index in [1.54, 1.807) is 81.4 Å². The predicted molar refractivity (Wildman–Crippen MR) is 94.8 cm³/mol. The molecular weight excluding hydrogens is 318 g/mol. The lowest BCUT2D eigenvalue weighted by atomic mass is 9.73. The highest BCUT2D eigenvalue weighted by molar-refractivity contribution is 5.96. The second-order valence-corrected chi connectivity index (χ2v) is 6.91. The molecule has 0 aliphatic rings. The number of carbonyl (C=O) groups excluding carboxylic acids is 1. The summed E-state index contributed by atoms with van der Waals surface area (Å²) in [6, 6.07) is 17.5. The molecule has 0 aliphatic heterocycles. The molecule has 1 unspecified atom stereocenters. The number of carboxylic acids is 1. The van der Waals surface area contributed by atoms with Gasteiger partial charge in [0.05, 0.1) is 5.54 Å². The Morgan fingerprint density at radius 3 is 1.64 bits per heavy atom. The van der Waals surface area contributed by atoms with Gasteiger partial charge >= 0.3 is 11.9 Å². The van der Waals surface area contributed by atoms with E-state index >= 15 is 0 Å².